The molecule has 0 aliphatic heterocycles. The van der Waals surface area contributed by atoms with Crippen molar-refractivity contribution in [1.29, 1.82) is 0 Å². The van der Waals surface area contributed by atoms with Crippen molar-refractivity contribution >= 4 is 28.7 Å². The maximum Gasteiger partial charge on any atom is 0.175 e. The SMILES string of the molecule is COc1c(C)cc(Sc2nc3c(N)ncnc3n2C(C)C)cc1C. The summed E-state index contributed by atoms with van der Waals surface area (Å²) in [5, 5.41) is 0.858. The highest BCUT2D eigenvalue weighted by Gasteiger charge is 2.18. The van der Waals surface area contributed by atoms with Crippen molar-refractivity contribution in [3.8, 4) is 5.75 Å². The number of imidazole rings is 1. The van der Waals surface area contributed by atoms with Crippen LogP contribution in [0.2, 0.25) is 0 Å². The first kappa shape index (κ1) is 16.6. The van der Waals surface area contributed by atoms with E-state index in [1.807, 2.05) is 13.8 Å². The molecule has 0 aliphatic rings. The van der Waals surface area contributed by atoms with Crippen LogP contribution < -0.4 is 10.5 Å². The Balaban J connectivity index is 2.10. The summed E-state index contributed by atoms with van der Waals surface area (Å²) >= 11 is 1.60. The predicted octanol–water partition coefficient (Wildman–Crippen LogP) is 3.77. The maximum atomic E-state index is 5.97. The zero-order valence-electron chi connectivity index (χ0n) is 14.5. The smallest absolute Gasteiger partial charge is 0.175 e. The number of nitrogens with zero attached hydrogens (tertiary/aromatic N) is 4. The van der Waals surface area contributed by atoms with Crippen LogP contribution in [0.4, 0.5) is 5.82 Å². The minimum absolute atomic E-state index is 0.215. The zero-order chi connectivity index (χ0) is 17.4. The van der Waals surface area contributed by atoms with Crippen LogP contribution in [0.15, 0.2) is 28.5 Å². The Bertz CT molecular complexity index is 880. The molecule has 0 spiro atoms. The number of fused-ring (bicyclic) bond motifs is 1. The van der Waals surface area contributed by atoms with Crippen molar-refractivity contribution in [2.45, 2.75) is 43.8 Å². The molecule has 2 heterocycles. The standard InChI is InChI=1S/C17H21N5OS/c1-9(2)22-16-13(15(18)19-8-20-16)21-17(22)24-12-6-10(3)14(23-5)11(4)7-12/h6-9H,1-5H3,(H2,18,19,20). The lowest BCUT2D eigenvalue weighted by molar-refractivity contribution is 0.408. The molecule has 0 saturated carbocycles. The first-order valence-electron chi connectivity index (χ1n) is 7.73. The highest BCUT2D eigenvalue weighted by atomic mass is 32.2. The summed E-state index contributed by atoms with van der Waals surface area (Å²) in [6.07, 6.45) is 1.48. The molecule has 0 bridgehead atoms. The summed E-state index contributed by atoms with van der Waals surface area (Å²) in [5.74, 6) is 1.33. The fourth-order valence-corrected chi connectivity index (χ4v) is 4.06. The lowest BCUT2D eigenvalue weighted by Gasteiger charge is -2.13. The van der Waals surface area contributed by atoms with Gasteiger partial charge in [0.1, 0.15) is 12.1 Å². The van der Waals surface area contributed by atoms with Gasteiger partial charge in [0, 0.05) is 10.9 Å². The molecular formula is C17H21N5OS. The van der Waals surface area contributed by atoms with Crippen LogP contribution in [0.25, 0.3) is 11.2 Å². The quantitative estimate of drug-likeness (QED) is 0.777. The third-order valence-corrected chi connectivity index (χ3v) is 4.78. The first-order valence-corrected chi connectivity index (χ1v) is 8.55. The Hall–Kier alpha value is -2.28. The molecule has 3 aromatic rings. The van der Waals surface area contributed by atoms with Crippen LogP contribution in [0.3, 0.4) is 0 Å². The Morgan fingerprint density at radius 1 is 1.17 bits per heavy atom. The number of nitrogens with two attached hydrogens (primary N) is 1. The van der Waals surface area contributed by atoms with Crippen LogP contribution >= 0.6 is 11.8 Å². The Morgan fingerprint density at radius 3 is 2.42 bits per heavy atom. The lowest BCUT2D eigenvalue weighted by atomic mass is 10.1. The highest BCUT2D eigenvalue weighted by Crippen LogP contribution is 2.36. The van der Waals surface area contributed by atoms with Gasteiger partial charge in [-0.25, -0.2) is 15.0 Å². The average Bonchev–Trinajstić information content (AvgIpc) is 2.86. The summed E-state index contributed by atoms with van der Waals surface area (Å²) in [5.41, 5.74) is 9.59. The second-order valence-electron chi connectivity index (χ2n) is 5.98. The largest absolute Gasteiger partial charge is 0.496 e. The third kappa shape index (κ3) is 2.80. The van der Waals surface area contributed by atoms with E-state index in [0.717, 1.165) is 32.6 Å². The second kappa shape index (κ2) is 6.32. The fourth-order valence-electron chi connectivity index (χ4n) is 2.84. The van der Waals surface area contributed by atoms with Gasteiger partial charge in [-0.2, -0.15) is 0 Å². The first-order chi connectivity index (χ1) is 11.4. The molecule has 7 heteroatoms. The molecule has 2 aromatic heterocycles. The number of aryl methyl sites for hydroxylation is 2. The normalized spacial score (nSPS) is 11.4. The van der Waals surface area contributed by atoms with Crippen molar-refractivity contribution < 1.29 is 4.74 Å². The number of ether oxygens (including phenoxy) is 1. The van der Waals surface area contributed by atoms with E-state index in [1.165, 1.54) is 6.33 Å². The number of aromatic nitrogens is 4. The molecule has 0 radical (unpaired) electrons. The van der Waals surface area contributed by atoms with Crippen molar-refractivity contribution in [3.63, 3.8) is 0 Å². The molecule has 0 amide bonds. The molecule has 0 saturated heterocycles. The minimum Gasteiger partial charge on any atom is -0.496 e. The Kier molecular flexibility index (Phi) is 4.36. The summed E-state index contributed by atoms with van der Waals surface area (Å²) in [6.45, 7) is 8.30. The lowest BCUT2D eigenvalue weighted by Crippen LogP contribution is -2.04. The van der Waals surface area contributed by atoms with E-state index in [2.05, 4.69) is 45.5 Å². The summed E-state index contributed by atoms with van der Waals surface area (Å²) < 4.78 is 7.53. The molecule has 6 nitrogen and oxygen atoms in total. The molecule has 3 rings (SSSR count). The number of benzene rings is 1. The summed E-state index contributed by atoms with van der Waals surface area (Å²) in [6, 6.07) is 4.43. The molecule has 1 aromatic carbocycles. The van der Waals surface area contributed by atoms with E-state index in [0.29, 0.717) is 11.3 Å². The van der Waals surface area contributed by atoms with Gasteiger partial charge in [-0.3, -0.25) is 0 Å². The van der Waals surface area contributed by atoms with Gasteiger partial charge < -0.3 is 15.0 Å². The van der Waals surface area contributed by atoms with Gasteiger partial charge in [0.2, 0.25) is 0 Å². The van der Waals surface area contributed by atoms with Gasteiger partial charge in [-0.05, 0) is 51.0 Å². The van der Waals surface area contributed by atoms with E-state index >= 15 is 0 Å². The number of nitrogen functional groups attached to an aromatic ring is 1. The number of methoxy groups -OCH3 is 1. The Morgan fingerprint density at radius 2 is 1.83 bits per heavy atom. The number of rotatable bonds is 4. The molecule has 126 valence electrons. The zero-order valence-corrected chi connectivity index (χ0v) is 15.3. The van der Waals surface area contributed by atoms with Crippen molar-refractivity contribution in [3.05, 3.63) is 29.6 Å². The van der Waals surface area contributed by atoms with E-state index in [4.69, 9.17) is 10.5 Å². The van der Waals surface area contributed by atoms with Crippen LogP contribution in [-0.4, -0.2) is 26.6 Å². The number of hydrogen-bond acceptors (Lipinski definition) is 6. The van der Waals surface area contributed by atoms with Gasteiger partial charge in [0.15, 0.2) is 22.1 Å². The van der Waals surface area contributed by atoms with Crippen LogP contribution in [0, 0.1) is 13.8 Å². The molecule has 0 fully saturated rings. The van der Waals surface area contributed by atoms with Crippen LogP contribution in [-0.2, 0) is 0 Å². The highest BCUT2D eigenvalue weighted by molar-refractivity contribution is 7.99. The van der Waals surface area contributed by atoms with Crippen molar-refractivity contribution in [1.82, 2.24) is 19.5 Å². The van der Waals surface area contributed by atoms with Crippen LogP contribution in [0.1, 0.15) is 31.0 Å². The van der Waals surface area contributed by atoms with Crippen molar-refractivity contribution in [2.75, 3.05) is 12.8 Å². The van der Waals surface area contributed by atoms with E-state index < -0.39 is 0 Å². The summed E-state index contributed by atoms with van der Waals surface area (Å²) in [7, 11) is 1.70. The fraction of sp³-hybridized carbons (Fsp3) is 0.353. The third-order valence-electron chi connectivity index (χ3n) is 3.84. The molecular weight excluding hydrogens is 322 g/mol. The van der Waals surface area contributed by atoms with Gasteiger partial charge in [0.25, 0.3) is 0 Å². The molecule has 0 unspecified atom stereocenters. The minimum atomic E-state index is 0.215. The number of anilines is 1. The number of hydrogen-bond donors (Lipinski definition) is 1. The predicted molar refractivity (Wildman–Crippen MR) is 96.7 cm³/mol. The summed E-state index contributed by atoms with van der Waals surface area (Å²) in [4.78, 5) is 14.2. The maximum absolute atomic E-state index is 5.97. The van der Waals surface area contributed by atoms with Gasteiger partial charge in [0.05, 0.1) is 7.11 Å². The molecule has 24 heavy (non-hydrogen) atoms. The van der Waals surface area contributed by atoms with Gasteiger partial charge in [-0.15, -0.1) is 0 Å². The van der Waals surface area contributed by atoms with Gasteiger partial charge in [-0.1, -0.05) is 11.8 Å². The van der Waals surface area contributed by atoms with Gasteiger partial charge >= 0.3 is 0 Å². The van der Waals surface area contributed by atoms with E-state index in [1.54, 1.807) is 18.9 Å². The second-order valence-corrected chi connectivity index (χ2v) is 7.02. The Labute approximate surface area is 145 Å². The topological polar surface area (TPSA) is 78.8 Å². The monoisotopic (exact) mass is 343 g/mol. The van der Waals surface area contributed by atoms with Crippen molar-refractivity contribution in [2.24, 2.45) is 0 Å². The molecule has 2 N–H and O–H groups in total. The van der Waals surface area contributed by atoms with E-state index in [9.17, 15) is 0 Å². The molecule has 0 aliphatic carbocycles. The average molecular weight is 343 g/mol. The van der Waals surface area contributed by atoms with E-state index in [-0.39, 0.29) is 6.04 Å². The molecule has 0 atom stereocenters. The van der Waals surface area contributed by atoms with Crippen LogP contribution in [0.5, 0.6) is 5.75 Å².